The molecule has 1 aromatic carbocycles. The van der Waals surface area contributed by atoms with Gasteiger partial charge in [-0.3, -0.25) is 5.41 Å². The molecule has 0 aromatic heterocycles. The highest BCUT2D eigenvalue weighted by molar-refractivity contribution is 9.09. The van der Waals surface area contributed by atoms with Gasteiger partial charge in [0.05, 0.1) is 25.5 Å². The summed E-state index contributed by atoms with van der Waals surface area (Å²) >= 11 is 5.06. The molecule has 0 radical (unpaired) electrons. The fourth-order valence-electron chi connectivity index (χ4n) is 1.91. The topological polar surface area (TPSA) is 49.9 Å². The van der Waals surface area contributed by atoms with Crippen LogP contribution < -0.4 is 5.73 Å². The second-order valence-electron chi connectivity index (χ2n) is 5.03. The molecule has 1 atom stereocenters. The lowest BCUT2D eigenvalue weighted by Crippen LogP contribution is -2.43. The fraction of sp³-hybridized carbons (Fsp3) is 0.462. The van der Waals surface area contributed by atoms with Gasteiger partial charge >= 0.3 is 0 Å². The molecule has 18 heavy (non-hydrogen) atoms. The van der Waals surface area contributed by atoms with Crippen LogP contribution in [0.5, 0.6) is 0 Å². The Bertz CT molecular complexity index is 381. The maximum Gasteiger partial charge on any atom is 0.151 e. The highest BCUT2D eigenvalue weighted by atomic mass is 79.9. The third-order valence-corrected chi connectivity index (χ3v) is 4.49. The van der Waals surface area contributed by atoms with E-state index in [0.717, 1.165) is 23.3 Å². The molecular formula is C13H21BrN3S+. The van der Waals surface area contributed by atoms with Gasteiger partial charge in [-0.25, -0.2) is 0 Å². The highest BCUT2D eigenvalue weighted by Gasteiger charge is 2.21. The molecule has 0 heterocycles. The highest BCUT2D eigenvalue weighted by Crippen LogP contribution is 2.16. The molecule has 0 saturated carbocycles. The number of rotatable bonds is 6. The second-order valence-corrected chi connectivity index (χ2v) is 7.39. The van der Waals surface area contributed by atoms with Crippen LogP contribution in [0, 0.1) is 5.41 Å². The maximum absolute atomic E-state index is 7.21. The van der Waals surface area contributed by atoms with E-state index in [1.54, 1.807) is 0 Å². The molecule has 1 rings (SSSR count). The lowest BCUT2D eigenvalue weighted by molar-refractivity contribution is -0.902. The number of amidine groups is 1. The zero-order valence-corrected chi connectivity index (χ0v) is 13.3. The molecular weight excluding hydrogens is 310 g/mol. The molecule has 0 aliphatic heterocycles. The Morgan fingerprint density at radius 1 is 1.39 bits per heavy atom. The largest absolute Gasteiger partial charge is 0.379 e. The summed E-state index contributed by atoms with van der Waals surface area (Å²) in [6.07, 6.45) is 0. The van der Waals surface area contributed by atoms with Crippen LogP contribution in [0.1, 0.15) is 5.56 Å². The molecule has 1 unspecified atom stereocenters. The Morgan fingerprint density at radius 3 is 2.56 bits per heavy atom. The summed E-state index contributed by atoms with van der Waals surface area (Å²) in [6.45, 7) is 2.02. The zero-order valence-electron chi connectivity index (χ0n) is 10.9. The molecule has 0 bridgehead atoms. The Hall–Kier alpha value is -0.520. The van der Waals surface area contributed by atoms with Gasteiger partial charge in [0.1, 0.15) is 6.54 Å². The summed E-state index contributed by atoms with van der Waals surface area (Å²) in [6, 6.07) is 10.5. The van der Waals surface area contributed by atoms with Gasteiger partial charge in [-0.15, -0.1) is 0 Å². The summed E-state index contributed by atoms with van der Waals surface area (Å²) in [5.74, 6) is 0.839. The minimum absolute atomic E-state index is 0.188. The molecule has 0 fully saturated rings. The molecule has 0 amide bonds. The molecule has 0 aliphatic rings. The monoisotopic (exact) mass is 330 g/mol. The standard InChI is InChI=1S/C13H21BrN3S/c1-17(2,8-11-6-4-3-5-7-11)9-12(14)10-18-13(15)16/h3-7,12H,8-10H2,1-2H3,(H3,15,16)/q+1. The van der Waals surface area contributed by atoms with Crippen molar-refractivity contribution in [3.8, 4) is 0 Å². The quantitative estimate of drug-likeness (QED) is 0.364. The van der Waals surface area contributed by atoms with Crippen molar-refractivity contribution in [2.45, 2.75) is 11.4 Å². The van der Waals surface area contributed by atoms with E-state index < -0.39 is 0 Å². The summed E-state index contributed by atoms with van der Waals surface area (Å²) in [7, 11) is 4.44. The first-order valence-corrected chi connectivity index (χ1v) is 7.76. The summed E-state index contributed by atoms with van der Waals surface area (Å²) < 4.78 is 0.915. The van der Waals surface area contributed by atoms with Gasteiger partial charge in [0.25, 0.3) is 0 Å². The van der Waals surface area contributed by atoms with Crippen LogP contribution in [0.3, 0.4) is 0 Å². The fourth-order valence-corrected chi connectivity index (χ4v) is 3.56. The molecule has 1 aromatic rings. The predicted octanol–water partition coefficient (Wildman–Crippen LogP) is 2.65. The number of nitrogens with two attached hydrogens (primary N) is 1. The van der Waals surface area contributed by atoms with Crippen molar-refractivity contribution in [2.24, 2.45) is 5.73 Å². The van der Waals surface area contributed by atoms with Gasteiger partial charge in [0.15, 0.2) is 5.17 Å². The number of benzene rings is 1. The van der Waals surface area contributed by atoms with E-state index in [4.69, 9.17) is 11.1 Å². The number of alkyl halides is 1. The van der Waals surface area contributed by atoms with Gasteiger partial charge in [0, 0.05) is 11.3 Å². The van der Waals surface area contributed by atoms with Crippen LogP contribution in [0.25, 0.3) is 0 Å². The van der Waals surface area contributed by atoms with Crippen molar-refractivity contribution in [2.75, 3.05) is 26.4 Å². The number of halogens is 1. The van der Waals surface area contributed by atoms with Gasteiger partial charge in [-0.05, 0) is 0 Å². The second kappa shape index (κ2) is 7.16. The maximum atomic E-state index is 7.21. The van der Waals surface area contributed by atoms with Crippen molar-refractivity contribution in [3.05, 3.63) is 35.9 Å². The van der Waals surface area contributed by atoms with E-state index in [1.165, 1.54) is 17.3 Å². The Labute approximate surface area is 122 Å². The molecule has 0 aliphatic carbocycles. The molecule has 5 heteroatoms. The number of nitrogens with zero attached hydrogens (tertiary/aromatic N) is 1. The molecule has 100 valence electrons. The number of thioether (sulfide) groups is 1. The summed E-state index contributed by atoms with van der Waals surface area (Å²) in [5, 5.41) is 7.40. The van der Waals surface area contributed by atoms with Crippen molar-refractivity contribution < 1.29 is 4.48 Å². The molecule has 3 N–H and O–H groups in total. The third-order valence-electron chi connectivity index (χ3n) is 2.57. The lowest BCUT2D eigenvalue weighted by Gasteiger charge is -2.31. The van der Waals surface area contributed by atoms with E-state index in [1.807, 2.05) is 6.07 Å². The first-order valence-electron chi connectivity index (χ1n) is 5.86. The number of hydrogen-bond acceptors (Lipinski definition) is 2. The van der Waals surface area contributed by atoms with E-state index in [2.05, 4.69) is 54.3 Å². The summed E-state index contributed by atoms with van der Waals surface area (Å²) in [5.41, 5.74) is 6.70. The smallest absolute Gasteiger partial charge is 0.151 e. The van der Waals surface area contributed by atoms with Gasteiger partial charge < -0.3 is 10.2 Å². The Morgan fingerprint density at radius 2 is 2.00 bits per heavy atom. The normalized spacial score (nSPS) is 13.3. The SMILES string of the molecule is C[N+](C)(Cc1ccccc1)CC(Br)CSC(=N)N. The molecule has 0 saturated heterocycles. The zero-order chi connectivity index (χ0) is 13.6. The minimum atomic E-state index is 0.188. The Balaban J connectivity index is 2.46. The van der Waals surface area contributed by atoms with Crippen molar-refractivity contribution >= 4 is 32.9 Å². The first-order chi connectivity index (χ1) is 8.39. The van der Waals surface area contributed by atoms with Crippen LogP contribution in [-0.2, 0) is 6.54 Å². The van der Waals surface area contributed by atoms with Crippen molar-refractivity contribution in [1.29, 1.82) is 5.41 Å². The number of quaternary nitrogens is 1. The molecule has 3 nitrogen and oxygen atoms in total. The lowest BCUT2D eigenvalue weighted by atomic mass is 10.2. The van der Waals surface area contributed by atoms with Crippen LogP contribution >= 0.6 is 27.7 Å². The third kappa shape index (κ3) is 6.42. The first kappa shape index (κ1) is 15.5. The van der Waals surface area contributed by atoms with Gasteiger partial charge in [0.2, 0.25) is 0 Å². The number of hydrogen-bond donors (Lipinski definition) is 2. The predicted molar refractivity (Wildman–Crippen MR) is 84.2 cm³/mol. The van der Waals surface area contributed by atoms with Crippen molar-refractivity contribution in [3.63, 3.8) is 0 Å². The van der Waals surface area contributed by atoms with Crippen LogP contribution in [0.15, 0.2) is 30.3 Å². The van der Waals surface area contributed by atoms with Crippen molar-refractivity contribution in [1.82, 2.24) is 0 Å². The Kier molecular flexibility index (Phi) is 6.18. The van der Waals surface area contributed by atoms with Gasteiger partial charge in [-0.1, -0.05) is 58.0 Å². The minimum Gasteiger partial charge on any atom is -0.379 e. The van der Waals surface area contributed by atoms with E-state index in [9.17, 15) is 0 Å². The van der Waals surface area contributed by atoms with Crippen LogP contribution in [0.4, 0.5) is 0 Å². The summed E-state index contributed by atoms with van der Waals surface area (Å²) in [4.78, 5) is 0.366. The molecule has 0 spiro atoms. The van der Waals surface area contributed by atoms with Gasteiger partial charge in [-0.2, -0.15) is 0 Å². The average Bonchev–Trinajstić information content (AvgIpc) is 2.26. The van der Waals surface area contributed by atoms with E-state index >= 15 is 0 Å². The average molecular weight is 331 g/mol. The van der Waals surface area contributed by atoms with E-state index in [0.29, 0.717) is 4.83 Å². The van der Waals surface area contributed by atoms with Crippen LogP contribution in [0.2, 0.25) is 0 Å². The van der Waals surface area contributed by atoms with E-state index in [-0.39, 0.29) is 5.17 Å². The number of nitrogens with one attached hydrogen (secondary N) is 1. The van der Waals surface area contributed by atoms with Crippen LogP contribution in [-0.4, -0.2) is 40.9 Å².